The number of hydrogen-bond donors (Lipinski definition) is 2. The lowest BCUT2D eigenvalue weighted by molar-refractivity contribution is -0.121. The summed E-state index contributed by atoms with van der Waals surface area (Å²) in [6.07, 6.45) is 0.863. The van der Waals surface area contributed by atoms with E-state index >= 15 is 0 Å². The van der Waals surface area contributed by atoms with Gasteiger partial charge in [0.2, 0.25) is 5.91 Å². The van der Waals surface area contributed by atoms with Gasteiger partial charge in [-0.25, -0.2) is 0 Å². The zero-order chi connectivity index (χ0) is 7.78. The van der Waals surface area contributed by atoms with Gasteiger partial charge in [-0.2, -0.15) is 0 Å². The van der Waals surface area contributed by atoms with E-state index < -0.39 is 0 Å². The number of primary amides is 1. The zero-order valence-electron chi connectivity index (χ0n) is 6.48. The molecule has 3 N–H and O–H groups in total. The Bertz CT molecular complexity index is 154. The van der Waals surface area contributed by atoms with E-state index in [1.807, 2.05) is 0 Å². The summed E-state index contributed by atoms with van der Waals surface area (Å²) in [5, 5.41) is 3.23. The Morgan fingerprint density at radius 1 is 1.70 bits per heavy atom. The molecule has 3 nitrogen and oxygen atoms in total. The van der Waals surface area contributed by atoms with E-state index in [1.54, 1.807) is 0 Å². The van der Waals surface area contributed by atoms with Crippen molar-refractivity contribution in [2.75, 3.05) is 6.54 Å². The Kier molecular flexibility index (Phi) is 1.68. The molecule has 1 atom stereocenters. The van der Waals surface area contributed by atoms with E-state index in [1.165, 1.54) is 0 Å². The van der Waals surface area contributed by atoms with E-state index in [2.05, 4.69) is 19.2 Å². The van der Waals surface area contributed by atoms with Gasteiger partial charge in [0.25, 0.3) is 0 Å². The van der Waals surface area contributed by atoms with Gasteiger partial charge in [-0.3, -0.25) is 4.79 Å². The van der Waals surface area contributed by atoms with Crippen LogP contribution in [0.5, 0.6) is 0 Å². The summed E-state index contributed by atoms with van der Waals surface area (Å²) in [6, 6.07) is 0. The summed E-state index contributed by atoms with van der Waals surface area (Å²) in [4.78, 5) is 10.7. The predicted molar refractivity (Wildman–Crippen MR) is 39.4 cm³/mol. The number of amides is 1. The maximum absolute atomic E-state index is 10.7. The Hall–Kier alpha value is -0.570. The second-order valence-corrected chi connectivity index (χ2v) is 3.57. The Labute approximate surface area is 61.0 Å². The molecule has 1 amide bonds. The number of nitrogens with two attached hydrogens (primary N) is 1. The van der Waals surface area contributed by atoms with Crippen LogP contribution in [0.4, 0.5) is 0 Å². The second-order valence-electron chi connectivity index (χ2n) is 3.57. The van der Waals surface area contributed by atoms with Crippen LogP contribution < -0.4 is 11.1 Å². The smallest absolute Gasteiger partial charge is 0.221 e. The van der Waals surface area contributed by atoms with E-state index in [-0.39, 0.29) is 17.4 Å². The van der Waals surface area contributed by atoms with Gasteiger partial charge in [0.15, 0.2) is 0 Å². The Morgan fingerprint density at radius 2 is 2.30 bits per heavy atom. The Morgan fingerprint density at radius 3 is 2.50 bits per heavy atom. The lowest BCUT2D eigenvalue weighted by Crippen LogP contribution is -2.31. The molecular weight excluding hydrogens is 128 g/mol. The van der Waals surface area contributed by atoms with Crippen LogP contribution in [0.2, 0.25) is 0 Å². The predicted octanol–water partition coefficient (Wildman–Crippen LogP) is -0.140. The number of rotatable bonds is 1. The molecule has 0 radical (unpaired) electrons. The number of hydrogen-bond acceptors (Lipinski definition) is 2. The third-order valence-corrected chi connectivity index (χ3v) is 1.99. The maximum atomic E-state index is 10.7. The van der Waals surface area contributed by atoms with Gasteiger partial charge in [-0.1, -0.05) is 0 Å². The highest BCUT2D eigenvalue weighted by atomic mass is 16.1. The molecule has 0 aromatic rings. The molecule has 3 heteroatoms. The molecule has 0 aromatic carbocycles. The molecule has 58 valence electrons. The summed E-state index contributed by atoms with van der Waals surface area (Å²) >= 11 is 0. The van der Waals surface area contributed by atoms with Crippen LogP contribution in [0.3, 0.4) is 0 Å². The summed E-state index contributed by atoms with van der Waals surface area (Å²) in [5.74, 6) is -0.145. The SMILES string of the molecule is CC1(C)C[C@@H](C(N)=O)CN1. The van der Waals surface area contributed by atoms with Crippen molar-refractivity contribution in [3.05, 3.63) is 0 Å². The van der Waals surface area contributed by atoms with Crippen LogP contribution in [0.15, 0.2) is 0 Å². The molecule has 0 aromatic heterocycles. The fraction of sp³-hybridized carbons (Fsp3) is 0.857. The normalized spacial score (nSPS) is 30.4. The van der Waals surface area contributed by atoms with Crippen molar-refractivity contribution < 1.29 is 4.79 Å². The fourth-order valence-corrected chi connectivity index (χ4v) is 1.36. The van der Waals surface area contributed by atoms with Crippen molar-refractivity contribution in [1.82, 2.24) is 5.32 Å². The van der Waals surface area contributed by atoms with Crippen LogP contribution >= 0.6 is 0 Å². The van der Waals surface area contributed by atoms with Gasteiger partial charge in [0.1, 0.15) is 0 Å². The van der Waals surface area contributed by atoms with E-state index in [9.17, 15) is 4.79 Å². The fourth-order valence-electron chi connectivity index (χ4n) is 1.36. The molecule has 10 heavy (non-hydrogen) atoms. The summed E-state index contributed by atoms with van der Waals surface area (Å²) in [6.45, 7) is 4.90. The molecule has 1 aliphatic rings. The van der Waals surface area contributed by atoms with Crippen molar-refractivity contribution >= 4 is 5.91 Å². The summed E-state index contributed by atoms with van der Waals surface area (Å²) < 4.78 is 0. The van der Waals surface area contributed by atoms with Crippen LogP contribution in [0.25, 0.3) is 0 Å². The molecule has 1 heterocycles. The minimum absolute atomic E-state index is 0.0370. The van der Waals surface area contributed by atoms with Crippen molar-refractivity contribution in [3.63, 3.8) is 0 Å². The van der Waals surface area contributed by atoms with Gasteiger partial charge < -0.3 is 11.1 Å². The van der Waals surface area contributed by atoms with Crippen molar-refractivity contribution in [2.24, 2.45) is 11.7 Å². The van der Waals surface area contributed by atoms with Gasteiger partial charge in [0, 0.05) is 12.1 Å². The minimum atomic E-state index is -0.182. The largest absolute Gasteiger partial charge is 0.369 e. The van der Waals surface area contributed by atoms with Crippen molar-refractivity contribution in [3.8, 4) is 0 Å². The van der Waals surface area contributed by atoms with E-state index in [4.69, 9.17) is 5.73 Å². The minimum Gasteiger partial charge on any atom is -0.369 e. The molecule has 0 saturated carbocycles. The first-order chi connectivity index (χ1) is 4.51. The third-order valence-electron chi connectivity index (χ3n) is 1.99. The second kappa shape index (κ2) is 2.23. The highest BCUT2D eigenvalue weighted by Crippen LogP contribution is 2.22. The standard InChI is InChI=1S/C7H14N2O/c1-7(2)3-5(4-9-7)6(8)10/h5,9H,3-4H2,1-2H3,(H2,8,10)/t5-/m1/s1. The molecule has 1 saturated heterocycles. The van der Waals surface area contributed by atoms with Crippen molar-refractivity contribution in [1.29, 1.82) is 0 Å². The van der Waals surface area contributed by atoms with Gasteiger partial charge in [0.05, 0.1) is 5.92 Å². The molecule has 0 aliphatic carbocycles. The molecule has 0 unspecified atom stereocenters. The molecule has 0 spiro atoms. The summed E-state index contributed by atoms with van der Waals surface area (Å²) in [7, 11) is 0. The third kappa shape index (κ3) is 1.48. The van der Waals surface area contributed by atoms with Gasteiger partial charge in [-0.15, -0.1) is 0 Å². The van der Waals surface area contributed by atoms with Crippen molar-refractivity contribution in [2.45, 2.75) is 25.8 Å². The highest BCUT2D eigenvalue weighted by Gasteiger charge is 2.32. The maximum Gasteiger partial charge on any atom is 0.221 e. The first-order valence-corrected chi connectivity index (χ1v) is 3.56. The first kappa shape index (κ1) is 7.54. The molecule has 1 aliphatic heterocycles. The lowest BCUT2D eigenvalue weighted by Gasteiger charge is -2.16. The lowest BCUT2D eigenvalue weighted by atomic mass is 9.97. The molecular formula is C7H14N2O. The topological polar surface area (TPSA) is 55.1 Å². The van der Waals surface area contributed by atoms with E-state index in [0.29, 0.717) is 0 Å². The zero-order valence-corrected chi connectivity index (χ0v) is 6.48. The first-order valence-electron chi connectivity index (χ1n) is 3.56. The molecule has 1 rings (SSSR count). The summed E-state index contributed by atoms with van der Waals surface area (Å²) in [5.41, 5.74) is 5.24. The average Bonchev–Trinajstić information content (AvgIpc) is 2.10. The van der Waals surface area contributed by atoms with Crippen LogP contribution in [-0.2, 0) is 4.79 Å². The molecule has 1 fully saturated rings. The van der Waals surface area contributed by atoms with Crippen LogP contribution in [0, 0.1) is 5.92 Å². The van der Waals surface area contributed by atoms with E-state index in [0.717, 1.165) is 13.0 Å². The van der Waals surface area contributed by atoms with Gasteiger partial charge in [-0.05, 0) is 20.3 Å². The Balaban J connectivity index is 2.51. The van der Waals surface area contributed by atoms with Crippen LogP contribution in [0.1, 0.15) is 20.3 Å². The number of nitrogens with one attached hydrogen (secondary N) is 1. The average molecular weight is 142 g/mol. The quantitative estimate of drug-likeness (QED) is 0.535. The number of carbonyl (C=O) groups is 1. The highest BCUT2D eigenvalue weighted by molar-refractivity contribution is 5.77. The molecule has 0 bridgehead atoms. The monoisotopic (exact) mass is 142 g/mol. The number of carbonyl (C=O) groups excluding carboxylic acids is 1. The van der Waals surface area contributed by atoms with Crippen LogP contribution in [-0.4, -0.2) is 18.0 Å². The van der Waals surface area contributed by atoms with Gasteiger partial charge >= 0.3 is 0 Å².